The van der Waals surface area contributed by atoms with E-state index in [4.69, 9.17) is 5.73 Å². The third-order valence-electron chi connectivity index (χ3n) is 1.74. The number of rotatable bonds is 0. The van der Waals surface area contributed by atoms with Gasteiger partial charge in [-0.15, -0.1) is 0 Å². The average molecular weight is 111 g/mol. The standard InChI is InChI=1S/C7H13N/c1-6-2-4-7(8)5-3-6/h7H,1-5,8H2. The average Bonchev–Trinajstić information content (AvgIpc) is 1.77. The summed E-state index contributed by atoms with van der Waals surface area (Å²) in [6, 6.07) is 0.459. The van der Waals surface area contributed by atoms with Crippen molar-refractivity contribution in [2.24, 2.45) is 5.73 Å². The van der Waals surface area contributed by atoms with Crippen LogP contribution < -0.4 is 5.73 Å². The van der Waals surface area contributed by atoms with Crippen molar-refractivity contribution in [2.45, 2.75) is 31.7 Å². The molecule has 0 radical (unpaired) electrons. The topological polar surface area (TPSA) is 26.0 Å². The van der Waals surface area contributed by atoms with Gasteiger partial charge in [0.05, 0.1) is 0 Å². The lowest BCUT2D eigenvalue weighted by Gasteiger charge is -2.18. The molecule has 0 bridgehead atoms. The first-order chi connectivity index (χ1) is 3.79. The largest absolute Gasteiger partial charge is 0.328 e. The fourth-order valence-electron chi connectivity index (χ4n) is 1.05. The molecule has 46 valence electrons. The van der Waals surface area contributed by atoms with E-state index in [1.807, 2.05) is 0 Å². The molecule has 1 heteroatoms. The van der Waals surface area contributed by atoms with Gasteiger partial charge < -0.3 is 5.73 Å². The molecule has 1 nitrogen and oxygen atoms in total. The van der Waals surface area contributed by atoms with Crippen LogP contribution in [0.15, 0.2) is 12.2 Å². The van der Waals surface area contributed by atoms with Crippen molar-refractivity contribution >= 4 is 0 Å². The van der Waals surface area contributed by atoms with E-state index < -0.39 is 0 Å². The molecule has 1 fully saturated rings. The van der Waals surface area contributed by atoms with Gasteiger partial charge in [0.2, 0.25) is 0 Å². The van der Waals surface area contributed by atoms with E-state index >= 15 is 0 Å². The van der Waals surface area contributed by atoms with Gasteiger partial charge >= 0.3 is 0 Å². The summed E-state index contributed by atoms with van der Waals surface area (Å²) < 4.78 is 0. The highest BCUT2D eigenvalue weighted by molar-refractivity contribution is 4.99. The van der Waals surface area contributed by atoms with Crippen molar-refractivity contribution in [3.63, 3.8) is 0 Å². The van der Waals surface area contributed by atoms with Gasteiger partial charge in [-0.2, -0.15) is 0 Å². The molecule has 0 atom stereocenters. The van der Waals surface area contributed by atoms with Crippen molar-refractivity contribution in [1.82, 2.24) is 0 Å². The molecule has 1 aliphatic carbocycles. The Kier molecular flexibility index (Phi) is 1.69. The van der Waals surface area contributed by atoms with Crippen LogP contribution in [0.4, 0.5) is 0 Å². The first kappa shape index (κ1) is 5.83. The Labute approximate surface area is 50.6 Å². The van der Waals surface area contributed by atoms with Crippen LogP contribution in [-0.2, 0) is 0 Å². The zero-order valence-corrected chi connectivity index (χ0v) is 5.19. The molecule has 0 aromatic rings. The summed E-state index contributed by atoms with van der Waals surface area (Å²) in [5.74, 6) is 0. The fourth-order valence-corrected chi connectivity index (χ4v) is 1.05. The maximum Gasteiger partial charge on any atom is 0.00449 e. The molecule has 0 aromatic carbocycles. The lowest BCUT2D eigenvalue weighted by Crippen LogP contribution is -2.22. The van der Waals surface area contributed by atoms with Crippen LogP contribution in [0.3, 0.4) is 0 Å². The molecule has 0 saturated heterocycles. The molecular weight excluding hydrogens is 98.1 g/mol. The van der Waals surface area contributed by atoms with E-state index in [2.05, 4.69) is 6.58 Å². The summed E-state index contributed by atoms with van der Waals surface area (Å²) in [5, 5.41) is 0. The minimum atomic E-state index is 0.459. The van der Waals surface area contributed by atoms with Gasteiger partial charge in [0, 0.05) is 6.04 Å². The van der Waals surface area contributed by atoms with Crippen molar-refractivity contribution in [3.8, 4) is 0 Å². The van der Waals surface area contributed by atoms with Gasteiger partial charge in [0.1, 0.15) is 0 Å². The molecule has 1 aliphatic rings. The summed E-state index contributed by atoms with van der Waals surface area (Å²) >= 11 is 0. The molecule has 0 unspecified atom stereocenters. The van der Waals surface area contributed by atoms with Gasteiger partial charge in [0.15, 0.2) is 0 Å². The molecule has 1 saturated carbocycles. The summed E-state index contributed by atoms with van der Waals surface area (Å²) in [4.78, 5) is 0. The Morgan fingerprint density at radius 3 is 2.25 bits per heavy atom. The molecule has 0 aromatic heterocycles. The Balaban J connectivity index is 2.29. The molecule has 2 N–H and O–H groups in total. The smallest absolute Gasteiger partial charge is 0.00449 e. The van der Waals surface area contributed by atoms with E-state index in [1.165, 1.54) is 5.57 Å². The molecule has 0 spiro atoms. The van der Waals surface area contributed by atoms with Crippen LogP contribution in [0.2, 0.25) is 0 Å². The second-order valence-electron chi connectivity index (χ2n) is 2.59. The van der Waals surface area contributed by atoms with E-state index in [1.54, 1.807) is 0 Å². The van der Waals surface area contributed by atoms with Crippen LogP contribution in [-0.4, -0.2) is 6.04 Å². The lowest BCUT2D eigenvalue weighted by molar-refractivity contribution is 0.513. The zero-order chi connectivity index (χ0) is 5.98. The highest BCUT2D eigenvalue weighted by Crippen LogP contribution is 2.19. The monoisotopic (exact) mass is 111 g/mol. The Bertz CT molecular complexity index is 86.6. The Morgan fingerprint density at radius 2 is 1.88 bits per heavy atom. The second-order valence-corrected chi connectivity index (χ2v) is 2.59. The molecule has 1 rings (SSSR count). The third kappa shape index (κ3) is 1.34. The lowest BCUT2D eigenvalue weighted by atomic mass is 9.93. The predicted octanol–water partition coefficient (Wildman–Crippen LogP) is 1.44. The quantitative estimate of drug-likeness (QED) is 0.470. The molecule has 0 heterocycles. The fraction of sp³-hybridized carbons (Fsp3) is 0.714. The second kappa shape index (κ2) is 2.31. The summed E-state index contributed by atoms with van der Waals surface area (Å²) in [6.45, 7) is 3.89. The van der Waals surface area contributed by atoms with Crippen LogP contribution in [0.1, 0.15) is 25.7 Å². The van der Waals surface area contributed by atoms with E-state index in [9.17, 15) is 0 Å². The Morgan fingerprint density at radius 1 is 1.38 bits per heavy atom. The highest BCUT2D eigenvalue weighted by atomic mass is 14.6. The van der Waals surface area contributed by atoms with E-state index in [0.29, 0.717) is 6.04 Å². The number of hydrogen-bond acceptors (Lipinski definition) is 1. The predicted molar refractivity (Wildman–Crippen MR) is 35.6 cm³/mol. The SMILES string of the molecule is C=C1CCC(N)CC1. The minimum Gasteiger partial charge on any atom is -0.328 e. The number of allylic oxidation sites excluding steroid dienone is 1. The molecule has 0 amide bonds. The minimum absolute atomic E-state index is 0.459. The summed E-state index contributed by atoms with van der Waals surface area (Å²) in [5.41, 5.74) is 7.04. The van der Waals surface area contributed by atoms with Gasteiger partial charge in [-0.3, -0.25) is 0 Å². The number of hydrogen-bond donors (Lipinski definition) is 1. The van der Waals surface area contributed by atoms with Crippen molar-refractivity contribution in [2.75, 3.05) is 0 Å². The summed E-state index contributed by atoms with van der Waals surface area (Å²) in [6.07, 6.45) is 4.61. The highest BCUT2D eigenvalue weighted by Gasteiger charge is 2.09. The van der Waals surface area contributed by atoms with Crippen LogP contribution in [0, 0.1) is 0 Å². The Hall–Kier alpha value is -0.300. The number of nitrogens with two attached hydrogens (primary N) is 1. The maximum absolute atomic E-state index is 5.66. The molecule has 8 heavy (non-hydrogen) atoms. The van der Waals surface area contributed by atoms with Crippen molar-refractivity contribution in [1.29, 1.82) is 0 Å². The first-order valence-corrected chi connectivity index (χ1v) is 3.21. The van der Waals surface area contributed by atoms with E-state index in [0.717, 1.165) is 25.7 Å². The van der Waals surface area contributed by atoms with Gasteiger partial charge in [-0.25, -0.2) is 0 Å². The van der Waals surface area contributed by atoms with Crippen LogP contribution >= 0.6 is 0 Å². The van der Waals surface area contributed by atoms with Gasteiger partial charge in [-0.05, 0) is 25.7 Å². The van der Waals surface area contributed by atoms with Gasteiger partial charge in [0.25, 0.3) is 0 Å². The van der Waals surface area contributed by atoms with Crippen LogP contribution in [0.25, 0.3) is 0 Å². The zero-order valence-electron chi connectivity index (χ0n) is 5.19. The maximum atomic E-state index is 5.66. The van der Waals surface area contributed by atoms with Crippen molar-refractivity contribution < 1.29 is 0 Å². The van der Waals surface area contributed by atoms with Crippen molar-refractivity contribution in [3.05, 3.63) is 12.2 Å². The third-order valence-corrected chi connectivity index (χ3v) is 1.74. The molecule has 0 aliphatic heterocycles. The normalized spacial score (nSPS) is 23.9. The van der Waals surface area contributed by atoms with Crippen LogP contribution in [0.5, 0.6) is 0 Å². The van der Waals surface area contributed by atoms with Gasteiger partial charge in [-0.1, -0.05) is 12.2 Å². The summed E-state index contributed by atoms with van der Waals surface area (Å²) in [7, 11) is 0. The van der Waals surface area contributed by atoms with E-state index in [-0.39, 0.29) is 0 Å². The first-order valence-electron chi connectivity index (χ1n) is 3.21. The molecular formula is C7H13N.